The Kier molecular flexibility index (Phi) is 4.50. The van der Waals surface area contributed by atoms with Crippen molar-refractivity contribution in [2.24, 2.45) is 5.92 Å². The normalized spacial score (nSPS) is 29.8. The van der Waals surface area contributed by atoms with Crippen molar-refractivity contribution >= 4 is 5.91 Å². The van der Waals surface area contributed by atoms with Crippen LogP contribution in [-0.2, 0) is 18.6 Å². The Morgan fingerprint density at radius 2 is 1.89 bits per heavy atom. The van der Waals surface area contributed by atoms with E-state index in [4.69, 9.17) is 0 Å². The van der Waals surface area contributed by atoms with Crippen molar-refractivity contribution in [2.45, 2.75) is 69.6 Å². The van der Waals surface area contributed by atoms with Crippen molar-refractivity contribution in [3.05, 3.63) is 53.6 Å². The van der Waals surface area contributed by atoms with Gasteiger partial charge in [0.05, 0.1) is 5.60 Å². The number of amides is 1. The van der Waals surface area contributed by atoms with Crippen molar-refractivity contribution in [1.82, 2.24) is 14.5 Å². The van der Waals surface area contributed by atoms with E-state index < -0.39 is 5.60 Å². The van der Waals surface area contributed by atoms with Crippen LogP contribution < -0.4 is 0 Å². The minimum Gasteiger partial charge on any atom is -0.385 e. The van der Waals surface area contributed by atoms with E-state index in [1.165, 1.54) is 12.1 Å². The summed E-state index contributed by atoms with van der Waals surface area (Å²) in [6.07, 6.45) is 9.97. The lowest BCUT2D eigenvalue weighted by molar-refractivity contribution is -0.110. The summed E-state index contributed by atoms with van der Waals surface area (Å²) < 4.78 is 2.13. The van der Waals surface area contributed by atoms with Gasteiger partial charge in [-0.2, -0.15) is 0 Å². The molecule has 0 bridgehead atoms. The molecular weight excluding hydrogens is 350 g/mol. The standard InChI is InChI=1S/C23H29N3O2/c27-22(21-24-16-18-10-6-7-14-25(18)21)26-15-13-23(28,17-8-2-1-3-9-17)19-11-4-5-12-20(19)26/h1-3,8-9,16,19-20,28H,4-7,10-15H2/t19-,20+,23-/m0/s1. The van der Waals surface area contributed by atoms with E-state index in [9.17, 15) is 9.90 Å². The predicted octanol–water partition coefficient (Wildman–Crippen LogP) is 3.51. The number of nitrogens with zero attached hydrogens (tertiary/aromatic N) is 3. The second-order valence-corrected chi connectivity index (χ2v) is 8.68. The molecule has 1 saturated heterocycles. The van der Waals surface area contributed by atoms with Crippen LogP contribution in [0.5, 0.6) is 0 Å². The second kappa shape index (κ2) is 7.03. The molecule has 148 valence electrons. The third kappa shape index (κ3) is 2.79. The van der Waals surface area contributed by atoms with Crippen LogP contribution in [-0.4, -0.2) is 38.1 Å². The lowest BCUT2D eigenvalue weighted by Crippen LogP contribution is -2.59. The molecule has 0 unspecified atom stereocenters. The predicted molar refractivity (Wildman–Crippen MR) is 107 cm³/mol. The van der Waals surface area contributed by atoms with Gasteiger partial charge in [-0.3, -0.25) is 4.79 Å². The van der Waals surface area contributed by atoms with Crippen molar-refractivity contribution in [3.8, 4) is 0 Å². The van der Waals surface area contributed by atoms with Gasteiger partial charge in [0.25, 0.3) is 5.91 Å². The molecule has 1 saturated carbocycles. The zero-order chi connectivity index (χ0) is 19.1. The summed E-state index contributed by atoms with van der Waals surface area (Å²) in [7, 11) is 0. The van der Waals surface area contributed by atoms with Gasteiger partial charge in [-0.1, -0.05) is 43.2 Å². The first-order chi connectivity index (χ1) is 13.7. The maximum Gasteiger partial charge on any atom is 0.290 e. The first-order valence-corrected chi connectivity index (χ1v) is 10.8. The molecule has 0 radical (unpaired) electrons. The largest absolute Gasteiger partial charge is 0.385 e. The number of aryl methyl sites for hydroxylation is 1. The molecule has 2 aliphatic heterocycles. The van der Waals surface area contributed by atoms with E-state index >= 15 is 0 Å². The van der Waals surface area contributed by atoms with Crippen LogP contribution in [0.15, 0.2) is 36.5 Å². The van der Waals surface area contributed by atoms with E-state index in [2.05, 4.69) is 9.55 Å². The molecule has 1 N–H and O–H groups in total. The monoisotopic (exact) mass is 379 g/mol. The van der Waals surface area contributed by atoms with Crippen LogP contribution in [0.3, 0.4) is 0 Å². The van der Waals surface area contributed by atoms with Crippen molar-refractivity contribution < 1.29 is 9.90 Å². The molecule has 1 aromatic heterocycles. The van der Waals surface area contributed by atoms with Gasteiger partial charge in [-0.15, -0.1) is 0 Å². The maximum atomic E-state index is 13.5. The average molecular weight is 380 g/mol. The smallest absolute Gasteiger partial charge is 0.290 e. The molecule has 3 atom stereocenters. The van der Waals surface area contributed by atoms with Crippen LogP contribution in [0.4, 0.5) is 0 Å². The molecule has 28 heavy (non-hydrogen) atoms. The fourth-order valence-corrected chi connectivity index (χ4v) is 5.76. The van der Waals surface area contributed by atoms with Gasteiger partial charge in [0.1, 0.15) is 0 Å². The maximum absolute atomic E-state index is 13.5. The highest BCUT2D eigenvalue weighted by Gasteiger charge is 2.50. The summed E-state index contributed by atoms with van der Waals surface area (Å²) in [4.78, 5) is 20.0. The van der Waals surface area contributed by atoms with E-state index in [1.54, 1.807) is 0 Å². The number of aliphatic hydroxyl groups is 1. The molecule has 3 aliphatic rings. The lowest BCUT2D eigenvalue weighted by atomic mass is 9.66. The number of likely N-dealkylation sites (tertiary alicyclic amines) is 1. The average Bonchev–Trinajstić information content (AvgIpc) is 3.19. The molecule has 5 heteroatoms. The third-order valence-corrected chi connectivity index (χ3v) is 7.21. The fourth-order valence-electron chi connectivity index (χ4n) is 5.76. The number of benzene rings is 1. The van der Waals surface area contributed by atoms with Crippen LogP contribution >= 0.6 is 0 Å². The number of carbonyl (C=O) groups is 1. The summed E-state index contributed by atoms with van der Waals surface area (Å²) in [6.45, 7) is 1.49. The Balaban J connectivity index is 1.46. The molecule has 2 fully saturated rings. The van der Waals surface area contributed by atoms with Crippen LogP contribution in [0, 0.1) is 5.92 Å². The van der Waals surface area contributed by atoms with Gasteiger partial charge >= 0.3 is 0 Å². The van der Waals surface area contributed by atoms with E-state index in [1.807, 2.05) is 41.4 Å². The number of hydrogen-bond acceptors (Lipinski definition) is 3. The van der Waals surface area contributed by atoms with E-state index in [0.717, 1.165) is 50.6 Å². The Labute approximate surface area is 166 Å². The highest BCUT2D eigenvalue weighted by Crippen LogP contribution is 2.47. The summed E-state index contributed by atoms with van der Waals surface area (Å²) in [5.41, 5.74) is 1.35. The molecule has 2 aromatic rings. The highest BCUT2D eigenvalue weighted by atomic mass is 16.3. The molecule has 1 amide bonds. The lowest BCUT2D eigenvalue weighted by Gasteiger charge is -2.52. The third-order valence-electron chi connectivity index (χ3n) is 7.21. The number of hydrogen-bond donors (Lipinski definition) is 1. The van der Waals surface area contributed by atoms with Crippen LogP contribution in [0.1, 0.15) is 66.8 Å². The van der Waals surface area contributed by atoms with E-state index in [-0.39, 0.29) is 17.9 Å². The SMILES string of the molecule is O=C(c1ncc2n1CCCC2)N1CC[C@](O)(c2ccccc2)[C@H]2CCCC[C@H]21. The minimum absolute atomic E-state index is 0.0557. The van der Waals surface area contributed by atoms with Gasteiger partial charge in [-0.05, 0) is 44.1 Å². The number of piperidine rings is 1. The highest BCUT2D eigenvalue weighted by molar-refractivity contribution is 5.91. The van der Waals surface area contributed by atoms with Gasteiger partial charge in [0.2, 0.25) is 0 Å². The molecule has 5 rings (SSSR count). The summed E-state index contributed by atoms with van der Waals surface area (Å²) in [5, 5.41) is 11.7. The van der Waals surface area contributed by atoms with Gasteiger partial charge < -0.3 is 14.6 Å². The number of aromatic nitrogens is 2. The van der Waals surface area contributed by atoms with Crippen molar-refractivity contribution in [2.75, 3.05) is 6.54 Å². The first-order valence-electron chi connectivity index (χ1n) is 10.8. The topological polar surface area (TPSA) is 58.4 Å². The minimum atomic E-state index is -0.838. The Morgan fingerprint density at radius 1 is 1.07 bits per heavy atom. The van der Waals surface area contributed by atoms with Gasteiger partial charge in [-0.25, -0.2) is 4.98 Å². The molecular formula is C23H29N3O2. The second-order valence-electron chi connectivity index (χ2n) is 8.68. The fraction of sp³-hybridized carbons (Fsp3) is 0.565. The molecule has 1 aliphatic carbocycles. The number of rotatable bonds is 2. The number of fused-ring (bicyclic) bond motifs is 2. The first kappa shape index (κ1) is 17.9. The van der Waals surface area contributed by atoms with Gasteiger partial charge in [0.15, 0.2) is 5.82 Å². The van der Waals surface area contributed by atoms with Crippen LogP contribution in [0.2, 0.25) is 0 Å². The number of imidazole rings is 1. The molecule has 5 nitrogen and oxygen atoms in total. The summed E-state index contributed by atoms with van der Waals surface area (Å²) in [5.74, 6) is 0.751. The molecule has 0 spiro atoms. The Morgan fingerprint density at radius 3 is 2.75 bits per heavy atom. The molecule has 3 heterocycles. The molecule has 1 aromatic carbocycles. The van der Waals surface area contributed by atoms with Crippen molar-refractivity contribution in [3.63, 3.8) is 0 Å². The summed E-state index contributed by atoms with van der Waals surface area (Å²) >= 11 is 0. The van der Waals surface area contributed by atoms with E-state index in [0.29, 0.717) is 18.8 Å². The Bertz CT molecular complexity index is 862. The number of carbonyl (C=O) groups excluding carboxylic acids is 1. The summed E-state index contributed by atoms with van der Waals surface area (Å²) in [6, 6.07) is 10.2. The zero-order valence-electron chi connectivity index (χ0n) is 16.4. The quantitative estimate of drug-likeness (QED) is 0.869. The van der Waals surface area contributed by atoms with Crippen molar-refractivity contribution in [1.29, 1.82) is 0 Å². The Hall–Kier alpha value is -2.14. The zero-order valence-corrected chi connectivity index (χ0v) is 16.4. The van der Waals surface area contributed by atoms with Gasteiger partial charge in [0, 0.05) is 36.9 Å². The van der Waals surface area contributed by atoms with Crippen LogP contribution in [0.25, 0.3) is 0 Å².